The van der Waals surface area contributed by atoms with Crippen LogP contribution in [0.2, 0.25) is 0 Å². The molecular formula is C31H34N8OS. The molecule has 1 spiro atoms. The number of aromatic nitrogens is 4. The number of piperidine rings is 1. The molecule has 0 bridgehead atoms. The van der Waals surface area contributed by atoms with E-state index >= 15 is 0 Å². The van der Waals surface area contributed by atoms with Gasteiger partial charge in [0.25, 0.3) is 0 Å². The van der Waals surface area contributed by atoms with Crippen LogP contribution < -0.4 is 4.90 Å². The molecule has 6 heterocycles. The number of H-pyrrole nitrogens is 1. The van der Waals surface area contributed by atoms with Gasteiger partial charge < -0.3 is 9.88 Å². The van der Waals surface area contributed by atoms with Crippen molar-refractivity contribution in [2.24, 2.45) is 7.05 Å². The number of aromatic amines is 1. The Labute approximate surface area is 244 Å². The topological polar surface area (TPSA) is 97.1 Å². The molecule has 7 rings (SSSR count). The van der Waals surface area contributed by atoms with Crippen LogP contribution in [0.5, 0.6) is 0 Å². The maximum Gasteiger partial charge on any atom is 0.237 e. The zero-order valence-electron chi connectivity index (χ0n) is 23.7. The van der Waals surface area contributed by atoms with Crippen LogP contribution in [0.4, 0.5) is 5.69 Å². The van der Waals surface area contributed by atoms with Gasteiger partial charge in [0.2, 0.25) is 5.91 Å². The molecule has 0 radical (unpaired) electrons. The smallest absolute Gasteiger partial charge is 0.237 e. The molecule has 1 N–H and O–H groups in total. The number of hydrogen-bond acceptors (Lipinski definition) is 7. The number of benzene rings is 1. The largest absolute Gasteiger partial charge is 0.339 e. The Bertz CT molecular complexity index is 1670. The van der Waals surface area contributed by atoms with Crippen molar-refractivity contribution in [1.82, 2.24) is 29.0 Å². The molecule has 1 aromatic carbocycles. The number of fused-ring (bicyclic) bond motifs is 4. The van der Waals surface area contributed by atoms with Crippen molar-refractivity contribution in [2.75, 3.05) is 43.9 Å². The third kappa shape index (κ3) is 3.86. The minimum Gasteiger partial charge on any atom is -0.339 e. The molecule has 0 aliphatic carbocycles. The van der Waals surface area contributed by atoms with Crippen molar-refractivity contribution in [2.45, 2.75) is 37.1 Å². The van der Waals surface area contributed by atoms with Gasteiger partial charge in [-0.05, 0) is 18.4 Å². The lowest BCUT2D eigenvalue weighted by atomic mass is 9.70. The van der Waals surface area contributed by atoms with Gasteiger partial charge in [0.1, 0.15) is 5.65 Å². The van der Waals surface area contributed by atoms with Gasteiger partial charge in [-0.15, -0.1) is 0 Å². The predicted octanol–water partition coefficient (Wildman–Crippen LogP) is 4.58. The van der Waals surface area contributed by atoms with Crippen LogP contribution in [0.15, 0.2) is 48.9 Å². The molecule has 0 atom stereocenters. The first-order valence-corrected chi connectivity index (χ1v) is 15.2. The molecule has 210 valence electrons. The molecular weight excluding hydrogens is 532 g/mol. The Hall–Kier alpha value is -3.65. The molecule has 9 nitrogen and oxygen atoms in total. The summed E-state index contributed by atoms with van der Waals surface area (Å²) in [7, 11) is 3.80. The van der Waals surface area contributed by atoms with Gasteiger partial charge in [0.05, 0.1) is 47.2 Å². The Morgan fingerprint density at radius 3 is 2.51 bits per heavy atom. The first-order chi connectivity index (χ1) is 19.9. The molecule has 3 aliphatic heterocycles. The zero-order valence-corrected chi connectivity index (χ0v) is 24.5. The number of carbonyl (C=O) groups excluding carboxylic acids is 1. The second-order valence-corrected chi connectivity index (χ2v) is 12.9. The number of nitrogens with zero attached hydrogens (tertiary/aromatic N) is 7. The molecule has 0 unspecified atom stereocenters. The summed E-state index contributed by atoms with van der Waals surface area (Å²) in [6.45, 7) is 5.54. The quantitative estimate of drug-likeness (QED) is 0.341. The lowest BCUT2D eigenvalue weighted by Crippen LogP contribution is -2.70. The number of pyridine rings is 1. The molecule has 10 heteroatoms. The number of aryl methyl sites for hydroxylation is 1. The van der Waals surface area contributed by atoms with Gasteiger partial charge in [-0.25, -0.2) is 9.29 Å². The Morgan fingerprint density at radius 1 is 1.10 bits per heavy atom. The van der Waals surface area contributed by atoms with E-state index in [4.69, 9.17) is 4.98 Å². The summed E-state index contributed by atoms with van der Waals surface area (Å²) in [5.41, 5.74) is 6.11. The highest BCUT2D eigenvalue weighted by Crippen LogP contribution is 2.54. The van der Waals surface area contributed by atoms with Crippen LogP contribution in [0.3, 0.4) is 0 Å². The molecule has 3 aromatic heterocycles. The molecule has 1 amide bonds. The van der Waals surface area contributed by atoms with Crippen LogP contribution in [-0.2, 0) is 17.3 Å². The molecule has 4 aromatic rings. The summed E-state index contributed by atoms with van der Waals surface area (Å²) >= 11 is 1.84. The lowest BCUT2D eigenvalue weighted by molar-refractivity contribution is -0.126. The van der Waals surface area contributed by atoms with Crippen molar-refractivity contribution in [3.05, 3.63) is 54.5 Å². The summed E-state index contributed by atoms with van der Waals surface area (Å²) in [4.78, 5) is 27.0. The minimum absolute atomic E-state index is 0.126. The average Bonchev–Trinajstić information content (AvgIpc) is 3.63. The third-order valence-corrected chi connectivity index (χ3v) is 10.2. The number of nitrogens with one attached hydrogen (secondary N) is 1. The first-order valence-electron chi connectivity index (χ1n) is 14.3. The average molecular weight is 567 g/mol. The number of carbonyl (C=O) groups is 1. The number of likely N-dealkylation sites (N-methyl/N-ethyl adjacent to an activating group) is 1. The summed E-state index contributed by atoms with van der Waals surface area (Å²) in [5.74, 6) is 1.19. The highest BCUT2D eigenvalue weighted by atomic mass is 32.2. The molecule has 2 saturated heterocycles. The lowest BCUT2D eigenvalue weighted by Gasteiger charge is -2.56. The Balaban J connectivity index is 1.35. The number of likely N-dealkylation sites (tertiary alicyclic amines) is 1. The van der Waals surface area contributed by atoms with Crippen LogP contribution >= 0.6 is 11.9 Å². The normalized spacial score (nSPS) is 20.0. The van der Waals surface area contributed by atoms with Crippen LogP contribution in [0.1, 0.15) is 31.7 Å². The fraction of sp³-hybridized carbons (Fsp3) is 0.419. The van der Waals surface area contributed by atoms with E-state index in [0.717, 1.165) is 89.4 Å². The van der Waals surface area contributed by atoms with Crippen molar-refractivity contribution < 1.29 is 4.79 Å². The maximum atomic E-state index is 14.2. The van der Waals surface area contributed by atoms with E-state index in [1.54, 1.807) is 4.68 Å². The molecule has 2 fully saturated rings. The Kier molecular flexibility index (Phi) is 6.23. The number of anilines is 1. The third-order valence-electron chi connectivity index (χ3n) is 9.36. The van der Waals surface area contributed by atoms with Gasteiger partial charge in [0.15, 0.2) is 0 Å². The summed E-state index contributed by atoms with van der Waals surface area (Å²) in [6, 6.07) is 12.8. The molecule has 41 heavy (non-hydrogen) atoms. The highest BCUT2D eigenvalue weighted by molar-refractivity contribution is 7.97. The second kappa shape index (κ2) is 9.72. The van der Waals surface area contributed by atoms with Crippen molar-refractivity contribution >= 4 is 34.6 Å². The number of amides is 1. The van der Waals surface area contributed by atoms with E-state index in [9.17, 15) is 10.1 Å². The van der Waals surface area contributed by atoms with E-state index < -0.39 is 5.41 Å². The molecule has 3 aliphatic rings. The van der Waals surface area contributed by atoms with E-state index in [1.165, 1.54) is 0 Å². The highest BCUT2D eigenvalue weighted by Gasteiger charge is 2.56. The zero-order chi connectivity index (χ0) is 28.4. The van der Waals surface area contributed by atoms with Gasteiger partial charge in [0, 0.05) is 74.3 Å². The summed E-state index contributed by atoms with van der Waals surface area (Å²) < 4.78 is 4.17. The number of rotatable bonds is 6. The van der Waals surface area contributed by atoms with Gasteiger partial charge in [-0.1, -0.05) is 49.2 Å². The van der Waals surface area contributed by atoms with E-state index in [0.29, 0.717) is 6.42 Å². The van der Waals surface area contributed by atoms with Crippen molar-refractivity contribution in [3.63, 3.8) is 0 Å². The summed E-state index contributed by atoms with van der Waals surface area (Å²) in [5, 5.41) is 15.2. The van der Waals surface area contributed by atoms with Crippen LogP contribution in [0, 0.1) is 11.3 Å². The monoisotopic (exact) mass is 566 g/mol. The maximum absolute atomic E-state index is 14.2. The predicted molar refractivity (Wildman–Crippen MR) is 162 cm³/mol. The minimum atomic E-state index is -0.630. The van der Waals surface area contributed by atoms with Crippen molar-refractivity contribution in [1.29, 1.82) is 5.26 Å². The summed E-state index contributed by atoms with van der Waals surface area (Å²) in [6.07, 6.45) is 7.70. The second-order valence-electron chi connectivity index (χ2n) is 11.6. The number of hydrogen-bond donors (Lipinski definition) is 1. The van der Waals surface area contributed by atoms with E-state index in [1.807, 2.05) is 55.6 Å². The number of nitriles is 1. The Morgan fingerprint density at radius 2 is 1.85 bits per heavy atom. The first kappa shape index (κ1) is 26.3. The van der Waals surface area contributed by atoms with E-state index in [-0.39, 0.29) is 11.4 Å². The SMILES string of the molecule is CCSN1CC(CC#N)(N2CCC3(CC2)C(=O)N(C)c2cnc4[nH]c(-c5cnn(C)c5)c(-c5ccccc5)c4c23)C1. The molecule has 0 saturated carbocycles. The van der Waals surface area contributed by atoms with Gasteiger partial charge >= 0.3 is 0 Å². The van der Waals surface area contributed by atoms with Crippen LogP contribution in [-0.4, -0.2) is 79.4 Å². The van der Waals surface area contributed by atoms with Gasteiger partial charge in [-0.2, -0.15) is 10.4 Å². The van der Waals surface area contributed by atoms with E-state index in [2.05, 4.69) is 56.5 Å². The standard InChI is InChI=1S/C31H34N8OS/c1-4-41-39-19-30(20-39,10-13-32)38-14-11-31(12-15-38)26-23(37(3)29(31)40)17-33-28-25(26)24(21-8-6-5-7-9-21)27(35-28)22-16-34-36(2)18-22/h5-9,16-18H,4,10-12,14-15,19-20H2,1-3H3,(H,33,35). The van der Waals surface area contributed by atoms with Gasteiger partial charge in [-0.3, -0.25) is 14.4 Å². The van der Waals surface area contributed by atoms with Crippen molar-refractivity contribution in [3.8, 4) is 28.5 Å². The fourth-order valence-corrected chi connectivity index (χ4v) is 8.39. The fourth-order valence-electron chi connectivity index (χ4n) is 7.36. The van der Waals surface area contributed by atoms with Crippen LogP contribution in [0.25, 0.3) is 33.4 Å².